The van der Waals surface area contributed by atoms with Gasteiger partial charge < -0.3 is 9.47 Å². The molecule has 4 aromatic carbocycles. The summed E-state index contributed by atoms with van der Waals surface area (Å²) in [7, 11) is 0. The van der Waals surface area contributed by atoms with E-state index in [-0.39, 0.29) is 47.1 Å². The van der Waals surface area contributed by atoms with Crippen LogP contribution in [0.3, 0.4) is 0 Å². The molecule has 0 bridgehead atoms. The van der Waals surface area contributed by atoms with Crippen LogP contribution in [0.25, 0.3) is 24.3 Å². The van der Waals surface area contributed by atoms with Gasteiger partial charge in [0.1, 0.15) is 0 Å². The van der Waals surface area contributed by atoms with E-state index >= 15 is 0 Å². The highest BCUT2D eigenvalue weighted by atomic mass is 16.6. The minimum atomic E-state index is -0.685. The van der Waals surface area contributed by atoms with Crippen molar-refractivity contribution in [1.82, 2.24) is 0 Å². The summed E-state index contributed by atoms with van der Waals surface area (Å²) in [6, 6.07) is 20.3. The molecule has 0 aromatic heterocycles. The van der Waals surface area contributed by atoms with Crippen LogP contribution in [0.1, 0.15) is 36.1 Å². The maximum atomic E-state index is 11.3. The maximum absolute atomic E-state index is 11.3. The molecule has 0 aliphatic heterocycles. The van der Waals surface area contributed by atoms with Crippen LogP contribution in [-0.4, -0.2) is 45.1 Å². The van der Waals surface area contributed by atoms with Crippen LogP contribution in [0, 0.1) is 40.5 Å². The molecule has 0 heterocycles. The third-order valence-corrected chi connectivity index (χ3v) is 6.62. The molecule has 0 fully saturated rings. The SMILES string of the molecule is CCOC(=O)Nc1ccc(/C=C/c2ccc([N+](=O)[O-])cc2[N+](=O)[O-])cc1.CCOC(=O)Nc1ccc(/C=C/c2ccc([N+](=O)[O-])cc2[N+](=O)[O-])cc1. The van der Waals surface area contributed by atoms with Crippen molar-refractivity contribution in [3.63, 3.8) is 0 Å². The van der Waals surface area contributed by atoms with Gasteiger partial charge in [0.15, 0.2) is 0 Å². The molecule has 0 unspecified atom stereocenters. The van der Waals surface area contributed by atoms with Gasteiger partial charge in [0.2, 0.25) is 0 Å². The number of nitro benzene ring substituents is 4. The third kappa shape index (κ3) is 11.9. The molecule has 2 amide bonds. The van der Waals surface area contributed by atoms with Crippen LogP contribution in [0.4, 0.5) is 43.7 Å². The zero-order valence-electron chi connectivity index (χ0n) is 27.5. The summed E-state index contributed by atoms with van der Waals surface area (Å²) in [5, 5.41) is 48.8. The first-order valence-corrected chi connectivity index (χ1v) is 15.1. The lowest BCUT2D eigenvalue weighted by atomic mass is 10.1. The Morgan fingerprint density at radius 1 is 0.538 bits per heavy atom. The van der Waals surface area contributed by atoms with Gasteiger partial charge in [-0.05, 0) is 73.5 Å². The molecule has 18 nitrogen and oxygen atoms in total. The predicted molar refractivity (Wildman–Crippen MR) is 192 cm³/mol. The average Bonchev–Trinajstić information content (AvgIpc) is 3.11. The smallest absolute Gasteiger partial charge is 0.411 e. The van der Waals surface area contributed by atoms with Crippen LogP contribution in [0.15, 0.2) is 84.9 Å². The number of nitro groups is 4. The number of nitrogens with zero attached hydrogens (tertiary/aromatic N) is 4. The highest BCUT2D eigenvalue weighted by molar-refractivity contribution is 5.86. The van der Waals surface area contributed by atoms with Gasteiger partial charge in [-0.1, -0.05) is 36.4 Å². The summed E-state index contributed by atoms with van der Waals surface area (Å²) in [6.45, 7) is 3.93. The average molecular weight is 715 g/mol. The molecule has 0 radical (unpaired) electrons. The molecule has 2 N–H and O–H groups in total. The first kappa shape index (κ1) is 38.9. The highest BCUT2D eigenvalue weighted by Gasteiger charge is 2.19. The van der Waals surface area contributed by atoms with Crippen molar-refractivity contribution < 1.29 is 38.8 Å². The predicted octanol–water partition coefficient (Wildman–Crippen LogP) is 8.48. The molecule has 0 saturated carbocycles. The van der Waals surface area contributed by atoms with E-state index in [1.165, 1.54) is 36.4 Å². The summed E-state index contributed by atoms with van der Waals surface area (Å²) in [5.41, 5.74) is 1.64. The van der Waals surface area contributed by atoms with Crippen molar-refractivity contribution in [3.05, 3.63) is 148 Å². The molecule has 268 valence electrons. The van der Waals surface area contributed by atoms with E-state index in [1.807, 2.05) is 0 Å². The van der Waals surface area contributed by atoms with Crippen molar-refractivity contribution in [1.29, 1.82) is 0 Å². The van der Waals surface area contributed by atoms with Crippen molar-refractivity contribution >= 4 is 70.6 Å². The molecular weight excluding hydrogens is 684 g/mol. The summed E-state index contributed by atoms with van der Waals surface area (Å²) >= 11 is 0. The maximum Gasteiger partial charge on any atom is 0.411 e. The Hall–Kier alpha value is -7.50. The lowest BCUT2D eigenvalue weighted by molar-refractivity contribution is -0.394. The van der Waals surface area contributed by atoms with Gasteiger partial charge in [0.25, 0.3) is 22.7 Å². The number of carbonyl (C=O) groups excluding carboxylic acids is 2. The number of rotatable bonds is 12. The third-order valence-electron chi connectivity index (χ3n) is 6.62. The molecule has 52 heavy (non-hydrogen) atoms. The minimum absolute atomic E-state index is 0.245. The molecule has 0 atom stereocenters. The Morgan fingerprint density at radius 3 is 1.17 bits per heavy atom. The van der Waals surface area contributed by atoms with E-state index in [2.05, 4.69) is 10.6 Å². The summed E-state index contributed by atoms with van der Waals surface area (Å²) in [6.07, 6.45) is 5.13. The fourth-order valence-electron chi connectivity index (χ4n) is 4.19. The molecule has 4 aromatic rings. The number of benzene rings is 4. The molecule has 0 aliphatic carbocycles. The topological polar surface area (TPSA) is 249 Å². The Balaban J connectivity index is 0.000000280. The quantitative estimate of drug-likeness (QED) is 0.0796. The standard InChI is InChI=1S/2C17H15N3O6/c2*1-2-26-17(21)18-14-8-4-12(5-9-14)3-6-13-7-10-15(19(22)23)11-16(13)20(24)25/h2*3-11H,2H2,1H3,(H,18,21)/b2*6-3+. The number of non-ortho nitro benzene ring substituents is 2. The van der Waals surface area contributed by atoms with Crippen LogP contribution in [0.5, 0.6) is 0 Å². The van der Waals surface area contributed by atoms with Crippen LogP contribution in [0.2, 0.25) is 0 Å². The summed E-state index contributed by atoms with van der Waals surface area (Å²) < 4.78 is 9.54. The van der Waals surface area contributed by atoms with E-state index in [9.17, 15) is 50.0 Å². The second kappa shape index (κ2) is 18.9. The Kier molecular flexibility index (Phi) is 14.1. The number of anilines is 2. The van der Waals surface area contributed by atoms with Crippen molar-refractivity contribution in [3.8, 4) is 0 Å². The summed E-state index contributed by atoms with van der Waals surface area (Å²) in [4.78, 5) is 63.6. The van der Waals surface area contributed by atoms with Crippen LogP contribution < -0.4 is 10.6 Å². The van der Waals surface area contributed by atoms with Crippen LogP contribution >= 0.6 is 0 Å². The van der Waals surface area contributed by atoms with E-state index in [0.29, 0.717) is 11.4 Å². The first-order valence-electron chi connectivity index (χ1n) is 15.1. The van der Waals surface area contributed by atoms with E-state index in [0.717, 1.165) is 23.3 Å². The van der Waals surface area contributed by atoms with Gasteiger partial charge in [-0.3, -0.25) is 51.1 Å². The number of hydrogen-bond acceptors (Lipinski definition) is 12. The molecule has 18 heteroatoms. The first-order chi connectivity index (χ1) is 24.8. The van der Waals surface area contributed by atoms with E-state index < -0.39 is 31.9 Å². The van der Waals surface area contributed by atoms with Gasteiger partial charge in [0.05, 0.1) is 56.2 Å². The Labute approximate surface area is 294 Å². The molecule has 0 aliphatic rings. The zero-order valence-corrected chi connectivity index (χ0v) is 27.5. The number of nitrogens with one attached hydrogen (secondary N) is 2. The lowest BCUT2D eigenvalue weighted by Gasteiger charge is -2.05. The zero-order chi connectivity index (χ0) is 38.2. The monoisotopic (exact) mass is 714 g/mol. The van der Waals surface area contributed by atoms with Gasteiger partial charge in [-0.15, -0.1) is 0 Å². The lowest BCUT2D eigenvalue weighted by Crippen LogP contribution is -2.13. The number of amides is 2. The van der Waals surface area contributed by atoms with Crippen molar-refractivity contribution in [2.45, 2.75) is 13.8 Å². The minimum Gasteiger partial charge on any atom is -0.450 e. The van der Waals surface area contributed by atoms with Gasteiger partial charge >= 0.3 is 12.2 Å². The van der Waals surface area contributed by atoms with E-state index in [4.69, 9.17) is 9.47 Å². The van der Waals surface area contributed by atoms with Crippen molar-refractivity contribution in [2.24, 2.45) is 0 Å². The molecule has 0 spiro atoms. The summed E-state index contributed by atoms with van der Waals surface area (Å²) in [5.74, 6) is 0. The fourth-order valence-corrected chi connectivity index (χ4v) is 4.19. The Morgan fingerprint density at radius 2 is 0.885 bits per heavy atom. The second-order valence-corrected chi connectivity index (χ2v) is 10.1. The number of ether oxygens (including phenoxy) is 2. The van der Waals surface area contributed by atoms with Crippen molar-refractivity contribution in [2.75, 3.05) is 23.8 Å². The number of hydrogen-bond donors (Lipinski definition) is 2. The van der Waals surface area contributed by atoms with Crippen LogP contribution in [-0.2, 0) is 9.47 Å². The Bertz CT molecular complexity index is 1870. The normalized spacial score (nSPS) is 10.5. The largest absolute Gasteiger partial charge is 0.450 e. The molecule has 0 saturated heterocycles. The van der Waals surface area contributed by atoms with E-state index in [1.54, 1.807) is 74.5 Å². The van der Waals surface area contributed by atoms with Gasteiger partial charge in [0, 0.05) is 23.5 Å². The van der Waals surface area contributed by atoms with Gasteiger partial charge in [-0.2, -0.15) is 0 Å². The molecule has 4 rings (SSSR count). The fraction of sp³-hybridized carbons (Fsp3) is 0.118. The van der Waals surface area contributed by atoms with Gasteiger partial charge in [-0.25, -0.2) is 9.59 Å². The highest BCUT2D eigenvalue weighted by Crippen LogP contribution is 2.28. The second-order valence-electron chi connectivity index (χ2n) is 10.1. The molecular formula is C34H30N6O12. The number of carbonyl (C=O) groups is 2.